The molecular weight excluding hydrogens is 190 g/mol. The summed E-state index contributed by atoms with van der Waals surface area (Å²) in [4.78, 5) is 12.9. The molecule has 0 aromatic rings. The van der Waals surface area contributed by atoms with Gasteiger partial charge in [0.25, 0.3) is 0 Å². The van der Waals surface area contributed by atoms with E-state index in [1.165, 1.54) is 32.1 Å². The quantitative estimate of drug-likeness (QED) is 0.690. The Morgan fingerprint density at radius 3 is 2.53 bits per heavy atom. The number of hydrogen-bond acceptors (Lipinski definition) is 3. The number of carbonyl (C=O) groups is 1. The van der Waals surface area contributed by atoms with Crippen LogP contribution in [0.1, 0.15) is 32.1 Å². The van der Waals surface area contributed by atoms with E-state index in [4.69, 9.17) is 11.5 Å². The third-order valence-electron chi connectivity index (χ3n) is 3.17. The van der Waals surface area contributed by atoms with Crippen molar-refractivity contribution in [1.82, 2.24) is 4.90 Å². The van der Waals surface area contributed by atoms with Crippen molar-refractivity contribution in [2.45, 2.75) is 38.1 Å². The summed E-state index contributed by atoms with van der Waals surface area (Å²) in [5.74, 6) is 0.370. The van der Waals surface area contributed by atoms with Crippen LogP contribution in [0.3, 0.4) is 0 Å². The van der Waals surface area contributed by atoms with Crippen molar-refractivity contribution < 1.29 is 4.79 Å². The maximum absolute atomic E-state index is 10.8. The highest BCUT2D eigenvalue weighted by molar-refractivity contribution is 5.79. The standard InChI is InChI=1S/C11H23N3O/c1-14(8-10(12)11(13)15)7-9-5-3-2-4-6-9/h9-10H,2-8,12H2,1H3,(H2,13,15). The molecule has 1 atom stereocenters. The molecule has 1 amide bonds. The number of primary amides is 1. The van der Waals surface area contributed by atoms with Crippen LogP contribution in [0.25, 0.3) is 0 Å². The van der Waals surface area contributed by atoms with Gasteiger partial charge in [-0.25, -0.2) is 0 Å². The molecule has 1 saturated carbocycles. The van der Waals surface area contributed by atoms with Crippen LogP contribution < -0.4 is 11.5 Å². The Hall–Kier alpha value is -0.610. The number of carbonyl (C=O) groups excluding carboxylic acids is 1. The molecule has 1 aliphatic rings. The molecule has 1 fully saturated rings. The second kappa shape index (κ2) is 6.08. The number of amides is 1. The molecule has 4 heteroatoms. The number of hydrogen-bond donors (Lipinski definition) is 2. The fourth-order valence-corrected chi connectivity index (χ4v) is 2.31. The summed E-state index contributed by atoms with van der Waals surface area (Å²) in [5, 5.41) is 0. The summed E-state index contributed by atoms with van der Waals surface area (Å²) in [6, 6.07) is -0.529. The minimum absolute atomic E-state index is 0.412. The average molecular weight is 213 g/mol. The molecule has 0 aromatic heterocycles. The molecule has 0 radical (unpaired) electrons. The molecule has 4 nitrogen and oxygen atoms in total. The van der Waals surface area contributed by atoms with E-state index in [1.54, 1.807) is 0 Å². The van der Waals surface area contributed by atoms with Crippen molar-refractivity contribution in [3.63, 3.8) is 0 Å². The maximum Gasteiger partial charge on any atom is 0.235 e. The van der Waals surface area contributed by atoms with Gasteiger partial charge in [0, 0.05) is 13.1 Å². The Kier molecular flexibility index (Phi) is 5.05. The van der Waals surface area contributed by atoms with Crippen LogP contribution in [0.2, 0.25) is 0 Å². The summed E-state index contributed by atoms with van der Waals surface area (Å²) in [7, 11) is 2.01. The molecule has 0 aromatic carbocycles. The van der Waals surface area contributed by atoms with Crippen LogP contribution in [0, 0.1) is 5.92 Å². The van der Waals surface area contributed by atoms with Crippen molar-refractivity contribution in [3.05, 3.63) is 0 Å². The number of nitrogens with zero attached hydrogens (tertiary/aromatic N) is 1. The van der Waals surface area contributed by atoms with Gasteiger partial charge in [-0.05, 0) is 25.8 Å². The highest BCUT2D eigenvalue weighted by Crippen LogP contribution is 2.23. The van der Waals surface area contributed by atoms with Crippen molar-refractivity contribution >= 4 is 5.91 Å². The lowest BCUT2D eigenvalue weighted by Gasteiger charge is -2.27. The summed E-state index contributed by atoms with van der Waals surface area (Å²) >= 11 is 0. The van der Waals surface area contributed by atoms with Crippen LogP contribution in [-0.4, -0.2) is 37.0 Å². The summed E-state index contributed by atoms with van der Waals surface area (Å²) < 4.78 is 0. The van der Waals surface area contributed by atoms with E-state index in [9.17, 15) is 4.79 Å². The van der Waals surface area contributed by atoms with E-state index in [0.717, 1.165) is 12.5 Å². The van der Waals surface area contributed by atoms with Gasteiger partial charge in [0.15, 0.2) is 0 Å². The topological polar surface area (TPSA) is 72.3 Å². The minimum Gasteiger partial charge on any atom is -0.368 e. The first-order valence-electron chi connectivity index (χ1n) is 5.83. The van der Waals surface area contributed by atoms with Crippen molar-refractivity contribution in [2.75, 3.05) is 20.1 Å². The smallest absolute Gasteiger partial charge is 0.235 e. The highest BCUT2D eigenvalue weighted by Gasteiger charge is 2.18. The number of nitrogens with two attached hydrogens (primary N) is 2. The van der Waals surface area contributed by atoms with Crippen LogP contribution >= 0.6 is 0 Å². The first kappa shape index (κ1) is 12.5. The Morgan fingerprint density at radius 2 is 2.00 bits per heavy atom. The maximum atomic E-state index is 10.8. The predicted molar refractivity (Wildman–Crippen MR) is 61.2 cm³/mol. The van der Waals surface area contributed by atoms with E-state index in [-0.39, 0.29) is 0 Å². The third kappa shape index (κ3) is 4.62. The molecule has 1 unspecified atom stereocenters. The highest BCUT2D eigenvalue weighted by atomic mass is 16.1. The molecule has 1 aliphatic carbocycles. The average Bonchev–Trinajstić information content (AvgIpc) is 2.18. The lowest BCUT2D eigenvalue weighted by atomic mass is 9.89. The van der Waals surface area contributed by atoms with Crippen molar-refractivity contribution in [3.8, 4) is 0 Å². The second-order valence-electron chi connectivity index (χ2n) is 4.73. The van der Waals surface area contributed by atoms with Gasteiger partial charge < -0.3 is 16.4 Å². The zero-order chi connectivity index (χ0) is 11.3. The molecule has 0 aliphatic heterocycles. The molecule has 0 spiro atoms. The summed E-state index contributed by atoms with van der Waals surface area (Å²) in [5.41, 5.74) is 10.7. The van der Waals surface area contributed by atoms with Gasteiger partial charge in [0.05, 0.1) is 6.04 Å². The van der Waals surface area contributed by atoms with Crippen LogP contribution in [0.4, 0.5) is 0 Å². The van der Waals surface area contributed by atoms with Gasteiger partial charge in [0.1, 0.15) is 0 Å². The van der Waals surface area contributed by atoms with Gasteiger partial charge in [-0.2, -0.15) is 0 Å². The molecular formula is C11H23N3O. The van der Waals surface area contributed by atoms with Crippen molar-refractivity contribution in [1.29, 1.82) is 0 Å². The molecule has 1 rings (SSSR count). The van der Waals surface area contributed by atoms with Crippen LogP contribution in [0.5, 0.6) is 0 Å². The van der Waals surface area contributed by atoms with Gasteiger partial charge in [-0.15, -0.1) is 0 Å². The summed E-state index contributed by atoms with van der Waals surface area (Å²) in [6.07, 6.45) is 6.70. The number of likely N-dealkylation sites (N-methyl/N-ethyl adjacent to an activating group) is 1. The molecule has 15 heavy (non-hydrogen) atoms. The Labute approximate surface area is 92.0 Å². The van der Waals surface area contributed by atoms with E-state index in [2.05, 4.69) is 4.90 Å². The zero-order valence-electron chi connectivity index (χ0n) is 9.61. The minimum atomic E-state index is -0.529. The Morgan fingerprint density at radius 1 is 1.40 bits per heavy atom. The van der Waals surface area contributed by atoms with E-state index in [1.807, 2.05) is 7.05 Å². The predicted octanol–water partition coefficient (Wildman–Crippen LogP) is 0.311. The van der Waals surface area contributed by atoms with Gasteiger partial charge in [-0.1, -0.05) is 19.3 Å². The lowest BCUT2D eigenvalue weighted by Crippen LogP contribution is -2.45. The lowest BCUT2D eigenvalue weighted by molar-refractivity contribution is -0.119. The van der Waals surface area contributed by atoms with Gasteiger partial charge >= 0.3 is 0 Å². The Balaban J connectivity index is 2.22. The zero-order valence-corrected chi connectivity index (χ0v) is 9.61. The van der Waals surface area contributed by atoms with Crippen molar-refractivity contribution in [2.24, 2.45) is 17.4 Å². The van der Waals surface area contributed by atoms with Crippen LogP contribution in [0.15, 0.2) is 0 Å². The summed E-state index contributed by atoms with van der Waals surface area (Å²) in [6.45, 7) is 1.62. The Bertz CT molecular complexity index is 202. The second-order valence-corrected chi connectivity index (χ2v) is 4.73. The molecule has 0 saturated heterocycles. The largest absolute Gasteiger partial charge is 0.368 e. The van der Waals surface area contributed by atoms with Gasteiger partial charge in [-0.3, -0.25) is 4.79 Å². The van der Waals surface area contributed by atoms with Crippen LogP contribution in [-0.2, 0) is 4.79 Å². The van der Waals surface area contributed by atoms with Gasteiger partial charge in [0.2, 0.25) is 5.91 Å². The molecule has 4 N–H and O–H groups in total. The van der Waals surface area contributed by atoms with E-state index >= 15 is 0 Å². The third-order valence-corrected chi connectivity index (χ3v) is 3.17. The number of rotatable bonds is 5. The molecule has 0 heterocycles. The molecule has 0 bridgehead atoms. The first-order chi connectivity index (χ1) is 7.09. The normalized spacial score (nSPS) is 20.5. The van der Waals surface area contributed by atoms with E-state index < -0.39 is 11.9 Å². The van der Waals surface area contributed by atoms with E-state index in [0.29, 0.717) is 6.54 Å². The SMILES string of the molecule is CN(CC1CCCCC1)CC(N)C(N)=O. The fourth-order valence-electron chi connectivity index (χ4n) is 2.31. The fraction of sp³-hybridized carbons (Fsp3) is 0.909. The first-order valence-corrected chi connectivity index (χ1v) is 5.83. The molecule has 88 valence electrons. The monoisotopic (exact) mass is 213 g/mol.